The van der Waals surface area contributed by atoms with E-state index in [4.69, 9.17) is 5.26 Å². The monoisotopic (exact) mass is 361 g/mol. The summed E-state index contributed by atoms with van der Waals surface area (Å²) in [5.41, 5.74) is 0.511. The number of amides is 2. The second-order valence-corrected chi connectivity index (χ2v) is 7.45. The molecule has 8 heteroatoms. The van der Waals surface area contributed by atoms with Gasteiger partial charge in [-0.3, -0.25) is 14.5 Å². The molecule has 7 nitrogen and oxygen atoms in total. The van der Waals surface area contributed by atoms with E-state index in [1.165, 1.54) is 11.3 Å². The van der Waals surface area contributed by atoms with Gasteiger partial charge in [-0.05, 0) is 24.3 Å². The smallest absolute Gasteiger partial charge is 0.234 e. The quantitative estimate of drug-likeness (QED) is 0.751. The van der Waals surface area contributed by atoms with Crippen LogP contribution in [0.25, 0.3) is 0 Å². The summed E-state index contributed by atoms with van der Waals surface area (Å²) in [6, 6.07) is 4.19. The van der Waals surface area contributed by atoms with Gasteiger partial charge in [0.25, 0.3) is 0 Å². The Morgan fingerprint density at radius 3 is 2.60 bits per heavy atom. The molecule has 2 aliphatic rings. The highest BCUT2D eigenvalue weighted by Gasteiger charge is 2.25. The molecule has 3 rings (SSSR count). The molecule has 2 heterocycles. The molecule has 2 amide bonds. The van der Waals surface area contributed by atoms with E-state index in [1.807, 2.05) is 0 Å². The standard InChI is InChI=1S/C17H23N5O2S/c18-11-13-4-10-25-17(13)20-15(23)3-5-21-6-8-22(9-7-21)12-16(24)19-14-1-2-14/h4,10,14H,1-3,5-9,12H2,(H,19,24)(H,20,23). The fourth-order valence-corrected chi connectivity index (χ4v) is 3.57. The fraction of sp³-hybridized carbons (Fsp3) is 0.588. The molecule has 0 spiro atoms. The third-order valence-corrected chi connectivity index (χ3v) is 5.30. The lowest BCUT2D eigenvalue weighted by Crippen LogP contribution is -2.50. The second-order valence-electron chi connectivity index (χ2n) is 6.53. The summed E-state index contributed by atoms with van der Waals surface area (Å²) in [4.78, 5) is 28.3. The number of hydrogen-bond donors (Lipinski definition) is 2. The molecule has 2 N–H and O–H groups in total. The van der Waals surface area contributed by atoms with Crippen LogP contribution in [-0.2, 0) is 9.59 Å². The Morgan fingerprint density at radius 1 is 1.20 bits per heavy atom. The number of nitrogens with one attached hydrogen (secondary N) is 2. The number of anilines is 1. The fourth-order valence-electron chi connectivity index (χ4n) is 2.82. The van der Waals surface area contributed by atoms with Crippen molar-refractivity contribution in [3.63, 3.8) is 0 Å². The van der Waals surface area contributed by atoms with Gasteiger partial charge >= 0.3 is 0 Å². The first-order valence-electron chi connectivity index (χ1n) is 8.65. The maximum absolute atomic E-state index is 12.0. The Morgan fingerprint density at radius 2 is 1.92 bits per heavy atom. The highest BCUT2D eigenvalue weighted by molar-refractivity contribution is 7.14. The van der Waals surface area contributed by atoms with Crippen LogP contribution in [0.15, 0.2) is 11.4 Å². The zero-order valence-electron chi connectivity index (χ0n) is 14.2. The van der Waals surface area contributed by atoms with Crippen molar-refractivity contribution in [2.75, 3.05) is 44.6 Å². The Labute approximate surface area is 151 Å². The van der Waals surface area contributed by atoms with E-state index in [0.717, 1.165) is 39.0 Å². The van der Waals surface area contributed by atoms with Crippen LogP contribution in [0.4, 0.5) is 5.00 Å². The van der Waals surface area contributed by atoms with Gasteiger partial charge in [0.05, 0.1) is 12.1 Å². The van der Waals surface area contributed by atoms with Gasteiger partial charge in [-0.15, -0.1) is 11.3 Å². The zero-order chi connectivity index (χ0) is 17.6. The molecule has 1 aromatic heterocycles. The Balaban J connectivity index is 1.32. The lowest BCUT2D eigenvalue weighted by Gasteiger charge is -2.34. The number of piperazine rings is 1. The lowest BCUT2D eigenvalue weighted by atomic mass is 10.2. The molecule has 25 heavy (non-hydrogen) atoms. The van der Waals surface area contributed by atoms with E-state index in [9.17, 15) is 9.59 Å². The summed E-state index contributed by atoms with van der Waals surface area (Å²) in [6.07, 6.45) is 2.64. The lowest BCUT2D eigenvalue weighted by molar-refractivity contribution is -0.122. The number of thiophene rings is 1. The topological polar surface area (TPSA) is 88.5 Å². The van der Waals surface area contributed by atoms with Crippen LogP contribution in [-0.4, -0.2) is 66.9 Å². The summed E-state index contributed by atoms with van der Waals surface area (Å²) >= 11 is 1.37. The summed E-state index contributed by atoms with van der Waals surface area (Å²) in [5, 5.41) is 17.2. The highest BCUT2D eigenvalue weighted by Crippen LogP contribution is 2.22. The molecule has 2 fully saturated rings. The van der Waals surface area contributed by atoms with Crippen LogP contribution >= 0.6 is 11.3 Å². The second kappa shape index (κ2) is 8.43. The van der Waals surface area contributed by atoms with Gasteiger partial charge < -0.3 is 15.5 Å². The molecule has 0 bridgehead atoms. The molecular weight excluding hydrogens is 338 g/mol. The average Bonchev–Trinajstić information content (AvgIpc) is 3.30. The van der Waals surface area contributed by atoms with Crippen molar-refractivity contribution in [3.05, 3.63) is 17.0 Å². The number of nitrogens with zero attached hydrogens (tertiary/aromatic N) is 3. The number of nitriles is 1. The Hall–Kier alpha value is -1.95. The summed E-state index contributed by atoms with van der Waals surface area (Å²) in [5.74, 6) is 0.0600. The van der Waals surface area contributed by atoms with E-state index in [2.05, 4.69) is 26.5 Å². The predicted molar refractivity (Wildman–Crippen MR) is 96.3 cm³/mol. The molecule has 1 aliphatic heterocycles. The van der Waals surface area contributed by atoms with Crippen molar-refractivity contribution in [2.45, 2.75) is 25.3 Å². The number of rotatable bonds is 7. The van der Waals surface area contributed by atoms with Crippen LogP contribution in [0, 0.1) is 11.3 Å². The van der Waals surface area contributed by atoms with E-state index < -0.39 is 0 Å². The third-order valence-electron chi connectivity index (χ3n) is 4.47. The van der Waals surface area contributed by atoms with E-state index in [-0.39, 0.29) is 11.8 Å². The minimum Gasteiger partial charge on any atom is -0.352 e. The summed E-state index contributed by atoms with van der Waals surface area (Å²) < 4.78 is 0. The number of carbonyl (C=O) groups is 2. The molecule has 1 aliphatic carbocycles. The molecule has 1 aromatic rings. The van der Waals surface area contributed by atoms with Gasteiger partial charge in [0.1, 0.15) is 11.1 Å². The largest absolute Gasteiger partial charge is 0.352 e. The van der Waals surface area contributed by atoms with E-state index in [1.54, 1.807) is 11.4 Å². The van der Waals surface area contributed by atoms with Crippen LogP contribution in [0.3, 0.4) is 0 Å². The van der Waals surface area contributed by atoms with Crippen LogP contribution < -0.4 is 10.6 Å². The third kappa shape index (κ3) is 5.53. The molecular formula is C17H23N5O2S. The van der Waals surface area contributed by atoms with Crippen molar-refractivity contribution in [3.8, 4) is 6.07 Å². The maximum atomic E-state index is 12.0. The minimum absolute atomic E-state index is 0.0646. The average molecular weight is 361 g/mol. The van der Waals surface area contributed by atoms with Gasteiger partial charge in [0, 0.05) is 45.2 Å². The highest BCUT2D eigenvalue weighted by atomic mass is 32.1. The first kappa shape index (κ1) is 17.9. The van der Waals surface area contributed by atoms with Crippen molar-refractivity contribution in [1.29, 1.82) is 5.26 Å². The van der Waals surface area contributed by atoms with Crippen molar-refractivity contribution in [1.82, 2.24) is 15.1 Å². The first-order chi connectivity index (χ1) is 12.1. The molecule has 0 atom stereocenters. The molecule has 0 unspecified atom stereocenters. The van der Waals surface area contributed by atoms with E-state index >= 15 is 0 Å². The van der Waals surface area contributed by atoms with Crippen molar-refractivity contribution in [2.24, 2.45) is 0 Å². The van der Waals surface area contributed by atoms with E-state index in [0.29, 0.717) is 36.1 Å². The van der Waals surface area contributed by atoms with Gasteiger partial charge in [0.15, 0.2) is 0 Å². The molecule has 134 valence electrons. The van der Waals surface area contributed by atoms with Gasteiger partial charge in [0.2, 0.25) is 11.8 Å². The minimum atomic E-state index is -0.0646. The Bertz CT molecular complexity index is 656. The van der Waals surface area contributed by atoms with Crippen LogP contribution in [0.5, 0.6) is 0 Å². The molecule has 0 radical (unpaired) electrons. The Kier molecular flexibility index (Phi) is 6.02. The summed E-state index contributed by atoms with van der Waals surface area (Å²) in [6.45, 7) is 4.60. The normalized spacial score (nSPS) is 18.5. The zero-order valence-corrected chi connectivity index (χ0v) is 15.0. The number of carbonyl (C=O) groups excluding carboxylic acids is 2. The van der Waals surface area contributed by atoms with Gasteiger partial charge in [-0.25, -0.2) is 0 Å². The molecule has 1 saturated heterocycles. The van der Waals surface area contributed by atoms with Gasteiger partial charge in [-0.2, -0.15) is 5.26 Å². The molecule has 1 saturated carbocycles. The number of hydrogen-bond acceptors (Lipinski definition) is 6. The van der Waals surface area contributed by atoms with Crippen molar-refractivity contribution < 1.29 is 9.59 Å². The van der Waals surface area contributed by atoms with Crippen molar-refractivity contribution >= 4 is 28.2 Å². The van der Waals surface area contributed by atoms with Crippen LogP contribution in [0.2, 0.25) is 0 Å². The SMILES string of the molecule is N#Cc1ccsc1NC(=O)CCN1CCN(CC(=O)NC2CC2)CC1. The van der Waals surface area contributed by atoms with Crippen LogP contribution in [0.1, 0.15) is 24.8 Å². The summed E-state index contributed by atoms with van der Waals surface area (Å²) in [7, 11) is 0. The maximum Gasteiger partial charge on any atom is 0.234 e. The van der Waals surface area contributed by atoms with Gasteiger partial charge in [-0.1, -0.05) is 0 Å². The molecule has 0 aromatic carbocycles. The first-order valence-corrected chi connectivity index (χ1v) is 9.53. The predicted octanol–water partition coefficient (Wildman–Crippen LogP) is 0.845.